The van der Waals surface area contributed by atoms with Gasteiger partial charge >= 0.3 is 0 Å². The fraction of sp³-hybridized carbons (Fsp3) is 0.286. The van der Waals surface area contributed by atoms with Gasteiger partial charge in [0.1, 0.15) is 0 Å². The third-order valence-corrected chi connectivity index (χ3v) is 4.94. The molecule has 0 saturated carbocycles. The van der Waals surface area contributed by atoms with Crippen LogP contribution in [0.25, 0.3) is 0 Å². The predicted molar refractivity (Wildman–Crippen MR) is 110 cm³/mol. The lowest BCUT2D eigenvalue weighted by molar-refractivity contribution is 0.0784. The van der Waals surface area contributed by atoms with Crippen molar-refractivity contribution >= 4 is 17.5 Å². The number of aromatic nitrogens is 4. The van der Waals surface area contributed by atoms with E-state index in [2.05, 4.69) is 20.6 Å². The van der Waals surface area contributed by atoms with E-state index in [1.165, 1.54) is 6.20 Å². The Bertz CT molecular complexity index is 1060. The Morgan fingerprint density at radius 1 is 1.17 bits per heavy atom. The van der Waals surface area contributed by atoms with Gasteiger partial charge in [0.2, 0.25) is 0 Å². The van der Waals surface area contributed by atoms with Crippen LogP contribution in [0.5, 0.6) is 0 Å². The molecule has 0 aliphatic heterocycles. The largest absolute Gasteiger partial charge is 0.337 e. The first-order chi connectivity index (χ1) is 13.8. The van der Waals surface area contributed by atoms with Crippen LogP contribution in [0.1, 0.15) is 43.4 Å². The fourth-order valence-corrected chi connectivity index (χ4v) is 3.07. The highest BCUT2D eigenvalue weighted by Gasteiger charge is 2.18. The average molecular weight is 392 g/mol. The number of aryl methyl sites for hydroxylation is 3. The Morgan fingerprint density at radius 3 is 2.55 bits per heavy atom. The van der Waals surface area contributed by atoms with Crippen molar-refractivity contribution in [1.82, 2.24) is 24.9 Å². The van der Waals surface area contributed by atoms with Crippen LogP contribution < -0.4 is 5.32 Å². The molecule has 0 fully saturated rings. The van der Waals surface area contributed by atoms with E-state index in [0.717, 1.165) is 22.5 Å². The van der Waals surface area contributed by atoms with Crippen molar-refractivity contribution in [2.75, 3.05) is 12.4 Å². The number of rotatable bonds is 5. The molecular weight excluding hydrogens is 368 g/mol. The van der Waals surface area contributed by atoms with Crippen molar-refractivity contribution in [2.45, 2.75) is 27.3 Å². The lowest BCUT2D eigenvalue weighted by Crippen LogP contribution is -2.27. The standard InChI is InChI=1S/C21H24N6O2/c1-13-8-9-16(11-19(13)23-20(28)18-7-6-10-22-24-18)21(29)26(4)12-17-14(2)25-27(5)15(17)3/h6-11H,12H2,1-5H3,(H,23,28). The molecule has 3 aromatic rings. The molecule has 2 aromatic heterocycles. The van der Waals surface area contributed by atoms with Crippen molar-refractivity contribution in [3.05, 3.63) is 70.3 Å². The van der Waals surface area contributed by atoms with E-state index in [4.69, 9.17) is 0 Å². The van der Waals surface area contributed by atoms with Gasteiger partial charge < -0.3 is 10.2 Å². The van der Waals surface area contributed by atoms with Crippen LogP contribution >= 0.6 is 0 Å². The summed E-state index contributed by atoms with van der Waals surface area (Å²) in [5, 5.41) is 14.7. The molecule has 8 heteroatoms. The molecule has 0 aliphatic carbocycles. The molecule has 1 N–H and O–H groups in total. The lowest BCUT2D eigenvalue weighted by Gasteiger charge is -2.19. The highest BCUT2D eigenvalue weighted by Crippen LogP contribution is 2.20. The minimum absolute atomic E-state index is 0.136. The van der Waals surface area contributed by atoms with Crippen LogP contribution in [0, 0.1) is 20.8 Å². The Labute approximate surface area is 169 Å². The molecule has 2 amide bonds. The predicted octanol–water partition coefficient (Wildman–Crippen LogP) is 2.66. The number of hydrogen-bond acceptors (Lipinski definition) is 5. The van der Waals surface area contributed by atoms with Gasteiger partial charge in [0.25, 0.3) is 11.8 Å². The number of carbonyl (C=O) groups excluding carboxylic acids is 2. The number of hydrogen-bond donors (Lipinski definition) is 1. The average Bonchev–Trinajstić information content (AvgIpc) is 2.95. The summed E-state index contributed by atoms with van der Waals surface area (Å²) in [6.07, 6.45) is 1.50. The number of carbonyl (C=O) groups is 2. The molecule has 0 bridgehead atoms. The zero-order valence-electron chi connectivity index (χ0n) is 17.2. The van der Waals surface area contributed by atoms with Gasteiger partial charge in [-0.3, -0.25) is 14.3 Å². The van der Waals surface area contributed by atoms with Gasteiger partial charge in [0, 0.05) is 49.3 Å². The smallest absolute Gasteiger partial charge is 0.276 e. The highest BCUT2D eigenvalue weighted by atomic mass is 16.2. The first-order valence-corrected chi connectivity index (χ1v) is 9.22. The second kappa shape index (κ2) is 8.22. The summed E-state index contributed by atoms with van der Waals surface area (Å²) in [5.41, 5.74) is 5.09. The topological polar surface area (TPSA) is 93.0 Å². The van der Waals surface area contributed by atoms with Crippen molar-refractivity contribution in [1.29, 1.82) is 0 Å². The molecule has 8 nitrogen and oxygen atoms in total. The van der Waals surface area contributed by atoms with Gasteiger partial charge in [0.15, 0.2) is 5.69 Å². The van der Waals surface area contributed by atoms with Gasteiger partial charge in [0.05, 0.1) is 5.69 Å². The van der Waals surface area contributed by atoms with Gasteiger partial charge in [-0.15, -0.1) is 5.10 Å². The summed E-state index contributed by atoms with van der Waals surface area (Å²) < 4.78 is 1.81. The SMILES string of the molecule is Cc1ccc(C(=O)N(C)Cc2c(C)nn(C)c2C)cc1NC(=O)c1cccnn1. The Hall–Kier alpha value is -3.55. The van der Waals surface area contributed by atoms with Crippen molar-refractivity contribution in [3.63, 3.8) is 0 Å². The third kappa shape index (κ3) is 4.31. The Morgan fingerprint density at radius 2 is 1.93 bits per heavy atom. The minimum Gasteiger partial charge on any atom is -0.337 e. The van der Waals surface area contributed by atoms with E-state index in [0.29, 0.717) is 17.8 Å². The number of nitrogens with one attached hydrogen (secondary N) is 1. The highest BCUT2D eigenvalue weighted by molar-refractivity contribution is 6.04. The van der Waals surface area contributed by atoms with E-state index < -0.39 is 0 Å². The maximum absolute atomic E-state index is 13.0. The summed E-state index contributed by atoms with van der Waals surface area (Å²) in [4.78, 5) is 27.0. The summed E-state index contributed by atoms with van der Waals surface area (Å²) in [6.45, 7) is 6.25. The zero-order valence-corrected chi connectivity index (χ0v) is 17.2. The zero-order chi connectivity index (χ0) is 21.1. The second-order valence-electron chi connectivity index (χ2n) is 7.03. The van der Waals surface area contributed by atoms with Crippen LogP contribution in [-0.2, 0) is 13.6 Å². The van der Waals surface area contributed by atoms with Crippen LogP contribution in [0.15, 0.2) is 36.5 Å². The van der Waals surface area contributed by atoms with Crippen LogP contribution in [0.3, 0.4) is 0 Å². The van der Waals surface area contributed by atoms with Crippen molar-refractivity contribution < 1.29 is 9.59 Å². The maximum atomic E-state index is 13.0. The van der Waals surface area contributed by atoms with E-state index in [1.54, 1.807) is 36.2 Å². The molecule has 29 heavy (non-hydrogen) atoms. The first kappa shape index (κ1) is 20.2. The first-order valence-electron chi connectivity index (χ1n) is 9.22. The van der Waals surface area contributed by atoms with Crippen molar-refractivity contribution in [2.24, 2.45) is 7.05 Å². The monoisotopic (exact) mass is 392 g/mol. The molecule has 0 saturated heterocycles. The molecule has 2 heterocycles. The Kier molecular flexibility index (Phi) is 5.72. The van der Waals surface area contributed by atoms with E-state index in [-0.39, 0.29) is 17.5 Å². The molecule has 0 aliphatic rings. The molecule has 0 spiro atoms. The number of nitrogens with zero attached hydrogens (tertiary/aromatic N) is 5. The van der Waals surface area contributed by atoms with Gasteiger partial charge in [-0.2, -0.15) is 10.2 Å². The maximum Gasteiger partial charge on any atom is 0.276 e. The van der Waals surface area contributed by atoms with Crippen LogP contribution in [0.4, 0.5) is 5.69 Å². The van der Waals surface area contributed by atoms with E-state index in [1.807, 2.05) is 38.6 Å². The quantitative estimate of drug-likeness (QED) is 0.721. The number of anilines is 1. The number of amides is 2. The molecule has 150 valence electrons. The fourth-order valence-electron chi connectivity index (χ4n) is 3.07. The van der Waals surface area contributed by atoms with Gasteiger partial charge in [-0.1, -0.05) is 6.07 Å². The van der Waals surface area contributed by atoms with Crippen LogP contribution in [0.2, 0.25) is 0 Å². The molecule has 3 rings (SSSR count). The summed E-state index contributed by atoms with van der Waals surface area (Å²) in [7, 11) is 3.64. The number of benzene rings is 1. The Balaban J connectivity index is 1.79. The molecule has 0 atom stereocenters. The van der Waals surface area contributed by atoms with Crippen LogP contribution in [-0.4, -0.2) is 43.7 Å². The molecular formula is C21H24N6O2. The van der Waals surface area contributed by atoms with Gasteiger partial charge in [-0.05, 0) is 50.6 Å². The van der Waals surface area contributed by atoms with E-state index >= 15 is 0 Å². The normalized spacial score (nSPS) is 10.7. The minimum atomic E-state index is -0.374. The summed E-state index contributed by atoms with van der Waals surface area (Å²) in [5.74, 6) is -0.511. The van der Waals surface area contributed by atoms with Gasteiger partial charge in [-0.25, -0.2) is 0 Å². The molecule has 0 unspecified atom stereocenters. The summed E-state index contributed by atoms with van der Waals surface area (Å²) >= 11 is 0. The van der Waals surface area contributed by atoms with E-state index in [9.17, 15) is 9.59 Å². The summed E-state index contributed by atoms with van der Waals surface area (Å²) in [6, 6.07) is 8.49. The second-order valence-corrected chi connectivity index (χ2v) is 7.03. The molecule has 1 aromatic carbocycles. The third-order valence-electron chi connectivity index (χ3n) is 4.94. The van der Waals surface area contributed by atoms with Crippen molar-refractivity contribution in [3.8, 4) is 0 Å². The molecule has 0 radical (unpaired) electrons. The lowest BCUT2D eigenvalue weighted by atomic mass is 10.1.